The van der Waals surface area contributed by atoms with Crippen LogP contribution in [0.15, 0.2) is 40.1 Å². The summed E-state index contributed by atoms with van der Waals surface area (Å²) in [6, 6.07) is 7.34. The number of hydrogen-bond acceptors (Lipinski definition) is 7. The third kappa shape index (κ3) is 4.79. The van der Waals surface area contributed by atoms with Crippen molar-refractivity contribution in [1.29, 1.82) is 0 Å². The highest BCUT2D eigenvalue weighted by Gasteiger charge is 2.28. The Morgan fingerprint density at radius 3 is 2.10 bits per heavy atom. The Morgan fingerprint density at radius 1 is 0.935 bits per heavy atom. The van der Waals surface area contributed by atoms with E-state index in [4.69, 9.17) is 14.2 Å². The van der Waals surface area contributed by atoms with Crippen molar-refractivity contribution in [3.63, 3.8) is 0 Å². The van der Waals surface area contributed by atoms with E-state index in [1.807, 2.05) is 0 Å². The lowest BCUT2D eigenvalue weighted by molar-refractivity contribution is 0.0730. The Bertz CT molecular complexity index is 1150. The minimum absolute atomic E-state index is 0.0314. The van der Waals surface area contributed by atoms with Crippen LogP contribution in [0.4, 0.5) is 5.69 Å². The van der Waals surface area contributed by atoms with Crippen LogP contribution >= 0.6 is 0 Å². The molecule has 1 aliphatic heterocycles. The van der Waals surface area contributed by atoms with Crippen molar-refractivity contribution in [1.82, 2.24) is 4.31 Å². The van der Waals surface area contributed by atoms with Gasteiger partial charge in [-0.25, -0.2) is 16.8 Å². The molecule has 3 rings (SSSR count). The summed E-state index contributed by atoms with van der Waals surface area (Å²) in [6.07, 6.45) is 0. The number of hydrogen-bond donors (Lipinski definition) is 1. The third-order valence-corrected chi connectivity index (χ3v) is 8.53. The van der Waals surface area contributed by atoms with Gasteiger partial charge in [-0.3, -0.25) is 4.72 Å². The van der Waals surface area contributed by atoms with Gasteiger partial charge in [0.05, 0.1) is 42.9 Å². The van der Waals surface area contributed by atoms with Crippen molar-refractivity contribution in [3.8, 4) is 11.5 Å². The lowest BCUT2D eigenvalue weighted by Crippen LogP contribution is -2.40. The number of methoxy groups -OCH3 is 2. The zero-order valence-corrected chi connectivity index (χ0v) is 19.5. The minimum atomic E-state index is -4.03. The normalized spacial score (nSPS) is 15.5. The Morgan fingerprint density at radius 2 is 1.55 bits per heavy atom. The SMILES string of the molecule is COc1cc(C)c(S(=O)(=O)Nc2cc(S(=O)(=O)N3CCOCC3)ccc2OC)c(C)c1. The largest absolute Gasteiger partial charge is 0.497 e. The molecule has 1 N–H and O–H groups in total. The van der Waals surface area contributed by atoms with Crippen molar-refractivity contribution in [2.45, 2.75) is 23.6 Å². The summed E-state index contributed by atoms with van der Waals surface area (Å²) in [6.45, 7) is 4.43. The second kappa shape index (κ2) is 9.03. The summed E-state index contributed by atoms with van der Waals surface area (Å²) in [5, 5.41) is 0. The van der Waals surface area contributed by atoms with E-state index in [-0.39, 0.29) is 34.3 Å². The van der Waals surface area contributed by atoms with Crippen LogP contribution in [0, 0.1) is 13.8 Å². The van der Waals surface area contributed by atoms with Crippen LogP contribution in [0.3, 0.4) is 0 Å². The molecule has 0 spiro atoms. The van der Waals surface area contributed by atoms with Gasteiger partial charge >= 0.3 is 0 Å². The number of nitrogens with one attached hydrogen (secondary N) is 1. The van der Waals surface area contributed by atoms with Crippen LogP contribution < -0.4 is 14.2 Å². The molecule has 2 aromatic carbocycles. The molecule has 11 heteroatoms. The fourth-order valence-corrected chi connectivity index (χ4v) is 6.46. The molecule has 2 aromatic rings. The van der Waals surface area contributed by atoms with Crippen LogP contribution in [-0.4, -0.2) is 61.7 Å². The molecule has 0 aliphatic carbocycles. The van der Waals surface area contributed by atoms with Crippen LogP contribution in [0.5, 0.6) is 11.5 Å². The van der Waals surface area contributed by atoms with Gasteiger partial charge in [0.15, 0.2) is 0 Å². The van der Waals surface area contributed by atoms with Gasteiger partial charge in [-0.2, -0.15) is 4.31 Å². The molecule has 1 aliphatic rings. The zero-order chi connectivity index (χ0) is 22.8. The number of anilines is 1. The van der Waals surface area contributed by atoms with Gasteiger partial charge in [0, 0.05) is 13.1 Å². The molecule has 0 bridgehead atoms. The number of ether oxygens (including phenoxy) is 3. The van der Waals surface area contributed by atoms with E-state index < -0.39 is 20.0 Å². The topological polar surface area (TPSA) is 111 Å². The highest BCUT2D eigenvalue weighted by atomic mass is 32.2. The van der Waals surface area contributed by atoms with Gasteiger partial charge in [0.2, 0.25) is 10.0 Å². The molecule has 0 atom stereocenters. The van der Waals surface area contributed by atoms with E-state index in [1.54, 1.807) is 26.0 Å². The standard InChI is InChI=1S/C20H26N2O7S2/c1-14-11-16(27-3)12-15(2)20(14)30(23,24)21-18-13-17(5-6-19(18)28-4)31(25,26)22-7-9-29-10-8-22/h5-6,11-13,21H,7-10H2,1-4H3. The average Bonchev–Trinajstić information content (AvgIpc) is 2.73. The monoisotopic (exact) mass is 470 g/mol. The fraction of sp³-hybridized carbons (Fsp3) is 0.400. The molecule has 1 heterocycles. The molecule has 31 heavy (non-hydrogen) atoms. The second-order valence-corrected chi connectivity index (χ2v) is 10.6. The summed E-state index contributed by atoms with van der Waals surface area (Å²) in [4.78, 5) is 0.0628. The Balaban J connectivity index is 2.02. The molecule has 0 aromatic heterocycles. The molecule has 1 saturated heterocycles. The van der Waals surface area contributed by atoms with Crippen molar-refractivity contribution in [3.05, 3.63) is 41.5 Å². The van der Waals surface area contributed by atoms with Gasteiger partial charge in [-0.05, 0) is 55.3 Å². The Kier molecular flexibility index (Phi) is 6.79. The van der Waals surface area contributed by atoms with Crippen molar-refractivity contribution >= 4 is 25.7 Å². The van der Waals surface area contributed by atoms with Crippen LogP contribution in [0.2, 0.25) is 0 Å². The van der Waals surface area contributed by atoms with Gasteiger partial charge < -0.3 is 14.2 Å². The summed E-state index contributed by atoms with van der Waals surface area (Å²) >= 11 is 0. The number of nitrogens with zero attached hydrogens (tertiary/aromatic N) is 1. The average molecular weight is 471 g/mol. The van der Waals surface area contributed by atoms with E-state index in [9.17, 15) is 16.8 Å². The highest BCUT2D eigenvalue weighted by molar-refractivity contribution is 7.92. The van der Waals surface area contributed by atoms with E-state index in [0.717, 1.165) is 0 Å². The first-order chi connectivity index (χ1) is 14.6. The lowest BCUT2D eigenvalue weighted by atomic mass is 10.1. The maximum absolute atomic E-state index is 13.2. The highest BCUT2D eigenvalue weighted by Crippen LogP contribution is 2.33. The van der Waals surface area contributed by atoms with Gasteiger partial charge in [0.1, 0.15) is 11.5 Å². The smallest absolute Gasteiger partial charge is 0.262 e. The van der Waals surface area contributed by atoms with Crippen molar-refractivity contribution < 1.29 is 31.0 Å². The van der Waals surface area contributed by atoms with E-state index in [2.05, 4.69) is 4.72 Å². The van der Waals surface area contributed by atoms with Crippen LogP contribution in [0.1, 0.15) is 11.1 Å². The molecule has 9 nitrogen and oxygen atoms in total. The molecule has 170 valence electrons. The molecule has 0 unspecified atom stereocenters. The number of morpholine rings is 1. The zero-order valence-electron chi connectivity index (χ0n) is 17.8. The number of rotatable bonds is 7. The van der Waals surface area contributed by atoms with Gasteiger partial charge in [0.25, 0.3) is 10.0 Å². The molecular formula is C20H26N2O7S2. The van der Waals surface area contributed by atoms with Gasteiger partial charge in [-0.1, -0.05) is 0 Å². The number of benzene rings is 2. The van der Waals surface area contributed by atoms with Crippen LogP contribution in [-0.2, 0) is 24.8 Å². The van der Waals surface area contributed by atoms with Crippen molar-refractivity contribution in [2.75, 3.05) is 45.2 Å². The first-order valence-corrected chi connectivity index (χ1v) is 12.5. The Labute approximate surface area is 183 Å². The summed E-state index contributed by atoms with van der Waals surface area (Å²) in [5.74, 6) is 0.749. The molecular weight excluding hydrogens is 444 g/mol. The quantitative estimate of drug-likeness (QED) is 0.660. The maximum atomic E-state index is 13.2. The summed E-state index contributed by atoms with van der Waals surface area (Å²) < 4.78 is 71.8. The first-order valence-electron chi connectivity index (χ1n) is 9.54. The third-order valence-electron chi connectivity index (χ3n) is 4.96. The van der Waals surface area contributed by atoms with E-state index >= 15 is 0 Å². The van der Waals surface area contributed by atoms with Crippen molar-refractivity contribution in [2.24, 2.45) is 0 Å². The van der Waals surface area contributed by atoms with Gasteiger partial charge in [-0.15, -0.1) is 0 Å². The van der Waals surface area contributed by atoms with Crippen LogP contribution in [0.25, 0.3) is 0 Å². The predicted molar refractivity (Wildman–Crippen MR) is 116 cm³/mol. The Hall–Kier alpha value is -2.34. The molecule has 0 radical (unpaired) electrons. The number of aryl methyl sites for hydroxylation is 2. The second-order valence-electron chi connectivity index (χ2n) is 7.07. The maximum Gasteiger partial charge on any atom is 0.262 e. The molecule has 0 amide bonds. The first kappa shape index (κ1) is 23.3. The van der Waals surface area contributed by atoms with E-state index in [0.29, 0.717) is 30.1 Å². The lowest BCUT2D eigenvalue weighted by Gasteiger charge is -2.26. The summed E-state index contributed by atoms with van der Waals surface area (Å²) in [7, 11) is -4.95. The fourth-order valence-electron chi connectivity index (χ4n) is 3.51. The molecule has 1 fully saturated rings. The minimum Gasteiger partial charge on any atom is -0.497 e. The molecule has 0 saturated carbocycles. The summed E-state index contributed by atoms with van der Waals surface area (Å²) in [5.41, 5.74) is 1.03. The number of sulfonamides is 2. The predicted octanol–water partition coefficient (Wildman–Crippen LogP) is 2.14. The van der Waals surface area contributed by atoms with E-state index in [1.165, 1.54) is 36.7 Å².